The zero-order valence-corrected chi connectivity index (χ0v) is 11.3. The Bertz CT molecular complexity index is 701. The van der Waals surface area contributed by atoms with Crippen molar-refractivity contribution < 1.29 is 18.0 Å². The highest BCUT2D eigenvalue weighted by Gasteiger charge is 2.32. The zero-order valence-electron chi connectivity index (χ0n) is 10.6. The van der Waals surface area contributed by atoms with Crippen LogP contribution in [0, 0.1) is 0 Å². The molecule has 0 bridgehead atoms. The number of ketones is 1. The van der Waals surface area contributed by atoms with E-state index in [-0.39, 0.29) is 27.9 Å². The first-order chi connectivity index (χ1) is 9.70. The number of anilines is 1. The average molecular weight is 317 g/mol. The van der Waals surface area contributed by atoms with Crippen LogP contribution in [-0.4, -0.2) is 20.7 Å². The second-order valence-corrected chi connectivity index (χ2v) is 4.43. The molecule has 0 aromatic carbocycles. The molecule has 0 radical (unpaired) electrons. The standard InChI is InChI=1S/C12H8ClF3N4O/c1-5(21)9-8(17)10(20-11(13)19-9)6-2-3-7(18-4-6)12(14,15)16/h2-4H,17H2,1H3. The monoisotopic (exact) mass is 316 g/mol. The lowest BCUT2D eigenvalue weighted by Gasteiger charge is -2.10. The molecule has 110 valence electrons. The van der Waals surface area contributed by atoms with E-state index in [0.717, 1.165) is 18.3 Å². The Morgan fingerprint density at radius 3 is 2.43 bits per heavy atom. The van der Waals surface area contributed by atoms with Crippen molar-refractivity contribution >= 4 is 23.1 Å². The Balaban J connectivity index is 2.54. The summed E-state index contributed by atoms with van der Waals surface area (Å²) in [4.78, 5) is 22.2. The lowest BCUT2D eigenvalue weighted by molar-refractivity contribution is -0.141. The summed E-state index contributed by atoms with van der Waals surface area (Å²) in [5, 5.41) is -0.232. The molecule has 0 saturated heterocycles. The zero-order chi connectivity index (χ0) is 15.8. The highest BCUT2D eigenvalue weighted by molar-refractivity contribution is 6.28. The molecule has 0 atom stereocenters. The molecule has 0 amide bonds. The SMILES string of the molecule is CC(=O)c1nc(Cl)nc(-c2ccc(C(F)(F)F)nc2)c1N. The average Bonchev–Trinajstić information content (AvgIpc) is 2.40. The van der Waals surface area contributed by atoms with Crippen LogP contribution >= 0.6 is 11.6 Å². The number of nitrogens with two attached hydrogens (primary N) is 1. The van der Waals surface area contributed by atoms with Gasteiger partial charge in [0.25, 0.3) is 0 Å². The Morgan fingerprint density at radius 1 is 1.29 bits per heavy atom. The largest absolute Gasteiger partial charge is 0.433 e. The van der Waals surface area contributed by atoms with Gasteiger partial charge in [-0.15, -0.1) is 0 Å². The van der Waals surface area contributed by atoms with Crippen molar-refractivity contribution in [2.75, 3.05) is 5.73 Å². The van der Waals surface area contributed by atoms with Crippen LogP contribution in [0.1, 0.15) is 23.1 Å². The van der Waals surface area contributed by atoms with Crippen LogP contribution in [0.2, 0.25) is 5.28 Å². The first-order valence-corrected chi connectivity index (χ1v) is 5.95. The normalized spacial score (nSPS) is 11.5. The van der Waals surface area contributed by atoms with Gasteiger partial charge in [0.1, 0.15) is 17.1 Å². The van der Waals surface area contributed by atoms with Gasteiger partial charge >= 0.3 is 6.18 Å². The van der Waals surface area contributed by atoms with E-state index >= 15 is 0 Å². The number of nitrogen functional groups attached to an aromatic ring is 1. The van der Waals surface area contributed by atoms with E-state index in [0.29, 0.717) is 0 Å². The van der Waals surface area contributed by atoms with Crippen LogP contribution in [0.4, 0.5) is 18.9 Å². The molecule has 0 unspecified atom stereocenters. The predicted octanol–water partition coefficient (Wildman–Crippen LogP) is 3.00. The number of hydrogen-bond donors (Lipinski definition) is 1. The van der Waals surface area contributed by atoms with E-state index in [1.807, 2.05) is 0 Å². The summed E-state index contributed by atoms with van der Waals surface area (Å²) in [7, 11) is 0. The number of pyridine rings is 1. The van der Waals surface area contributed by atoms with Crippen molar-refractivity contribution in [1.82, 2.24) is 15.0 Å². The summed E-state index contributed by atoms with van der Waals surface area (Å²) in [5.74, 6) is -0.432. The quantitative estimate of drug-likeness (QED) is 0.680. The minimum absolute atomic E-state index is 0.0569. The first kappa shape index (κ1) is 15.2. The molecule has 0 aliphatic heterocycles. The van der Waals surface area contributed by atoms with Crippen LogP contribution in [0.3, 0.4) is 0 Å². The molecule has 0 fully saturated rings. The Labute approximate surface area is 122 Å². The number of nitrogens with zero attached hydrogens (tertiary/aromatic N) is 3. The molecule has 2 aromatic heterocycles. The lowest BCUT2D eigenvalue weighted by Crippen LogP contribution is -2.09. The fourth-order valence-electron chi connectivity index (χ4n) is 1.63. The molecule has 21 heavy (non-hydrogen) atoms. The summed E-state index contributed by atoms with van der Waals surface area (Å²) in [6.07, 6.45) is -3.58. The maximum Gasteiger partial charge on any atom is 0.433 e. The van der Waals surface area contributed by atoms with Gasteiger partial charge in [-0.25, -0.2) is 9.97 Å². The maximum atomic E-state index is 12.5. The summed E-state index contributed by atoms with van der Waals surface area (Å²) in [6.45, 7) is 1.24. The van der Waals surface area contributed by atoms with Crippen LogP contribution in [0.25, 0.3) is 11.3 Å². The highest BCUT2D eigenvalue weighted by atomic mass is 35.5. The van der Waals surface area contributed by atoms with Gasteiger partial charge in [-0.2, -0.15) is 13.2 Å². The van der Waals surface area contributed by atoms with Crippen molar-refractivity contribution in [3.05, 3.63) is 35.0 Å². The molecule has 2 N–H and O–H groups in total. The molecular weight excluding hydrogens is 309 g/mol. The smallest absolute Gasteiger partial charge is 0.395 e. The molecule has 9 heteroatoms. The predicted molar refractivity (Wildman–Crippen MR) is 69.7 cm³/mol. The van der Waals surface area contributed by atoms with Crippen LogP contribution < -0.4 is 5.73 Å². The second-order valence-electron chi connectivity index (χ2n) is 4.09. The first-order valence-electron chi connectivity index (χ1n) is 5.57. The Kier molecular flexibility index (Phi) is 3.82. The maximum absolute atomic E-state index is 12.5. The van der Waals surface area contributed by atoms with Crippen LogP contribution in [-0.2, 0) is 6.18 Å². The number of halogens is 4. The number of carbonyl (C=O) groups excluding carboxylic acids is 1. The topological polar surface area (TPSA) is 81.8 Å². The van der Waals surface area contributed by atoms with E-state index in [9.17, 15) is 18.0 Å². The van der Waals surface area contributed by atoms with Crippen molar-refractivity contribution in [1.29, 1.82) is 0 Å². The molecule has 5 nitrogen and oxygen atoms in total. The number of alkyl halides is 3. The van der Waals surface area contributed by atoms with Crippen LogP contribution in [0.5, 0.6) is 0 Å². The lowest BCUT2D eigenvalue weighted by atomic mass is 10.1. The van der Waals surface area contributed by atoms with Crippen molar-refractivity contribution in [2.45, 2.75) is 13.1 Å². The van der Waals surface area contributed by atoms with Gasteiger partial charge in [0.05, 0.1) is 5.69 Å². The van der Waals surface area contributed by atoms with Gasteiger partial charge in [0, 0.05) is 18.7 Å². The second kappa shape index (κ2) is 5.28. The van der Waals surface area contributed by atoms with Gasteiger partial charge in [-0.3, -0.25) is 9.78 Å². The summed E-state index contributed by atoms with van der Waals surface area (Å²) in [6, 6.07) is 1.94. The van der Waals surface area contributed by atoms with Gasteiger partial charge in [0.2, 0.25) is 5.28 Å². The van der Waals surface area contributed by atoms with Crippen molar-refractivity contribution in [3.8, 4) is 11.3 Å². The Morgan fingerprint density at radius 2 is 1.95 bits per heavy atom. The van der Waals surface area contributed by atoms with Gasteiger partial charge < -0.3 is 5.73 Å². The minimum Gasteiger partial charge on any atom is -0.395 e. The fraction of sp³-hybridized carbons (Fsp3) is 0.167. The molecule has 2 rings (SSSR count). The Hall–Kier alpha value is -2.22. The number of aromatic nitrogens is 3. The van der Waals surface area contributed by atoms with Crippen molar-refractivity contribution in [3.63, 3.8) is 0 Å². The highest BCUT2D eigenvalue weighted by Crippen LogP contribution is 2.31. The van der Waals surface area contributed by atoms with E-state index in [2.05, 4.69) is 15.0 Å². The molecule has 0 saturated carbocycles. The third-order valence-electron chi connectivity index (χ3n) is 2.58. The number of Topliss-reactive ketones (excluding diaryl/α,β-unsaturated/α-hetero) is 1. The minimum atomic E-state index is -4.54. The summed E-state index contributed by atoms with van der Waals surface area (Å²) in [5.41, 5.74) is 4.81. The molecule has 2 heterocycles. The molecule has 0 aliphatic rings. The summed E-state index contributed by atoms with van der Waals surface area (Å²) < 4.78 is 37.4. The molecular formula is C12H8ClF3N4O. The number of rotatable bonds is 2. The van der Waals surface area contributed by atoms with Crippen LogP contribution in [0.15, 0.2) is 18.3 Å². The number of carbonyl (C=O) groups is 1. The van der Waals surface area contributed by atoms with Crippen molar-refractivity contribution in [2.24, 2.45) is 0 Å². The van der Waals surface area contributed by atoms with E-state index in [1.54, 1.807) is 0 Å². The molecule has 0 spiro atoms. The van der Waals surface area contributed by atoms with E-state index in [4.69, 9.17) is 17.3 Å². The van der Waals surface area contributed by atoms with Gasteiger partial charge in [-0.05, 0) is 23.7 Å². The number of hydrogen-bond acceptors (Lipinski definition) is 5. The molecule has 2 aromatic rings. The van der Waals surface area contributed by atoms with E-state index in [1.165, 1.54) is 6.92 Å². The third kappa shape index (κ3) is 3.10. The summed E-state index contributed by atoms with van der Waals surface area (Å²) >= 11 is 5.69. The fourth-order valence-corrected chi connectivity index (χ4v) is 1.80. The van der Waals surface area contributed by atoms with Gasteiger partial charge in [0.15, 0.2) is 5.78 Å². The molecule has 0 aliphatic carbocycles. The van der Waals surface area contributed by atoms with Gasteiger partial charge in [-0.1, -0.05) is 0 Å². The van der Waals surface area contributed by atoms with E-state index < -0.39 is 17.7 Å². The third-order valence-corrected chi connectivity index (χ3v) is 2.75.